The van der Waals surface area contributed by atoms with Crippen LogP contribution in [0.3, 0.4) is 0 Å². The summed E-state index contributed by atoms with van der Waals surface area (Å²) in [6, 6.07) is 11.4. The molecule has 2 atom stereocenters. The normalized spacial score (nSPS) is 20.3. The van der Waals surface area contributed by atoms with Gasteiger partial charge in [-0.05, 0) is 68.0 Å². The Hall–Kier alpha value is -2.66. The van der Waals surface area contributed by atoms with E-state index in [-0.39, 0.29) is 24.1 Å². The van der Waals surface area contributed by atoms with Gasteiger partial charge in [0.25, 0.3) is 0 Å². The summed E-state index contributed by atoms with van der Waals surface area (Å²) >= 11 is 0. The van der Waals surface area contributed by atoms with Crippen LogP contribution < -0.4 is 14.8 Å². The monoisotopic (exact) mass is 502 g/mol. The van der Waals surface area contributed by atoms with Gasteiger partial charge >= 0.3 is 0 Å². The molecule has 0 saturated carbocycles. The zero-order valence-electron chi connectivity index (χ0n) is 20.6. The standard InChI is InChI=1S/C25H34N4O5S/c1-16(2)33-23-12-11-17(15-22(23)26-3)25-27-24(29(4)34-25)20-9-5-8-19-18(20)7-6-10-21(19)28-35(31,32)14-13-30/h5,8-9,11-12,15-16,21,24,26,28,30H,6-7,10,13-14H2,1-4H3. The number of aliphatic hydroxyl groups excluding tert-OH is 1. The second-order valence-electron chi connectivity index (χ2n) is 9.09. The zero-order valence-corrected chi connectivity index (χ0v) is 21.4. The molecule has 0 fully saturated rings. The molecule has 35 heavy (non-hydrogen) atoms. The van der Waals surface area contributed by atoms with E-state index >= 15 is 0 Å². The van der Waals surface area contributed by atoms with E-state index in [2.05, 4.69) is 10.0 Å². The van der Waals surface area contributed by atoms with Gasteiger partial charge in [0.1, 0.15) is 5.75 Å². The lowest BCUT2D eigenvalue weighted by molar-refractivity contribution is -0.0574. The molecule has 0 aromatic heterocycles. The number of ether oxygens (including phenoxy) is 1. The minimum Gasteiger partial charge on any atom is -0.489 e. The predicted molar refractivity (Wildman–Crippen MR) is 136 cm³/mol. The van der Waals surface area contributed by atoms with Crippen molar-refractivity contribution in [3.05, 3.63) is 58.7 Å². The highest BCUT2D eigenvalue weighted by molar-refractivity contribution is 7.89. The maximum Gasteiger partial charge on any atom is 0.243 e. The number of rotatable bonds is 9. The highest BCUT2D eigenvalue weighted by atomic mass is 32.2. The van der Waals surface area contributed by atoms with Gasteiger partial charge in [0.15, 0.2) is 6.17 Å². The van der Waals surface area contributed by atoms with Crippen LogP contribution in [0.15, 0.2) is 41.4 Å². The Morgan fingerprint density at radius 2 is 2.03 bits per heavy atom. The van der Waals surface area contributed by atoms with Gasteiger partial charge in [-0.1, -0.05) is 18.2 Å². The topological polar surface area (TPSA) is 112 Å². The van der Waals surface area contributed by atoms with E-state index < -0.39 is 16.6 Å². The molecule has 190 valence electrons. The summed E-state index contributed by atoms with van der Waals surface area (Å²) in [7, 11) is 0.136. The maximum atomic E-state index is 12.3. The molecular formula is C25H34N4O5S. The molecule has 1 aliphatic heterocycles. The highest BCUT2D eigenvalue weighted by Crippen LogP contribution is 2.39. The number of hydroxylamine groups is 2. The van der Waals surface area contributed by atoms with E-state index in [1.54, 1.807) is 5.06 Å². The van der Waals surface area contributed by atoms with E-state index in [4.69, 9.17) is 19.7 Å². The molecule has 2 aromatic carbocycles. The van der Waals surface area contributed by atoms with Crippen LogP contribution in [0.4, 0.5) is 5.69 Å². The number of hydrogen-bond acceptors (Lipinski definition) is 8. The SMILES string of the molecule is CNc1cc(C2=NC(c3cccc4c3CCCC4NS(=O)(=O)CCO)N(C)O2)ccc1OC(C)C. The first kappa shape index (κ1) is 25.4. The summed E-state index contributed by atoms with van der Waals surface area (Å²) < 4.78 is 33.2. The van der Waals surface area contributed by atoms with Crippen LogP contribution >= 0.6 is 0 Å². The van der Waals surface area contributed by atoms with Gasteiger partial charge < -0.3 is 20.0 Å². The van der Waals surface area contributed by atoms with E-state index in [9.17, 15) is 8.42 Å². The van der Waals surface area contributed by atoms with Crippen LogP contribution in [0.1, 0.15) is 61.2 Å². The van der Waals surface area contributed by atoms with Crippen LogP contribution in [-0.2, 0) is 21.3 Å². The number of anilines is 1. The number of hydrogen-bond donors (Lipinski definition) is 3. The van der Waals surface area contributed by atoms with Gasteiger partial charge in [0.2, 0.25) is 15.9 Å². The first-order valence-corrected chi connectivity index (χ1v) is 13.6. The van der Waals surface area contributed by atoms with Crippen molar-refractivity contribution >= 4 is 21.6 Å². The summed E-state index contributed by atoms with van der Waals surface area (Å²) in [5, 5.41) is 14.0. The third-order valence-electron chi connectivity index (χ3n) is 6.18. The molecule has 9 nitrogen and oxygen atoms in total. The Balaban J connectivity index is 1.64. The Morgan fingerprint density at radius 3 is 2.74 bits per heavy atom. The molecule has 1 heterocycles. The lowest BCUT2D eigenvalue weighted by Crippen LogP contribution is -2.34. The lowest BCUT2D eigenvalue weighted by Gasteiger charge is -2.29. The lowest BCUT2D eigenvalue weighted by atomic mass is 9.84. The van der Waals surface area contributed by atoms with Crippen LogP contribution in [0.25, 0.3) is 0 Å². The van der Waals surface area contributed by atoms with Gasteiger partial charge in [-0.2, -0.15) is 0 Å². The second kappa shape index (κ2) is 10.5. The van der Waals surface area contributed by atoms with Crippen molar-refractivity contribution in [2.75, 3.05) is 31.8 Å². The van der Waals surface area contributed by atoms with Crippen molar-refractivity contribution in [3.63, 3.8) is 0 Å². The molecule has 2 aliphatic rings. The van der Waals surface area contributed by atoms with E-state index in [1.165, 1.54) is 0 Å². The van der Waals surface area contributed by atoms with E-state index in [0.717, 1.165) is 46.5 Å². The molecule has 0 spiro atoms. The summed E-state index contributed by atoms with van der Waals surface area (Å²) in [4.78, 5) is 10.9. The van der Waals surface area contributed by atoms with Gasteiger partial charge in [-0.25, -0.2) is 18.1 Å². The Morgan fingerprint density at radius 1 is 1.26 bits per heavy atom. The average Bonchev–Trinajstić information content (AvgIpc) is 3.20. The number of aliphatic imine (C=N–C) groups is 1. The fraction of sp³-hybridized carbons (Fsp3) is 0.480. The molecule has 2 unspecified atom stereocenters. The van der Waals surface area contributed by atoms with E-state index in [1.807, 2.05) is 64.3 Å². The fourth-order valence-corrected chi connectivity index (χ4v) is 5.68. The largest absolute Gasteiger partial charge is 0.489 e. The number of aliphatic hydroxyl groups is 1. The zero-order chi connectivity index (χ0) is 25.2. The van der Waals surface area contributed by atoms with Crippen molar-refractivity contribution in [3.8, 4) is 5.75 Å². The molecule has 0 bridgehead atoms. The second-order valence-corrected chi connectivity index (χ2v) is 11.0. The van der Waals surface area contributed by atoms with Crippen molar-refractivity contribution in [2.24, 2.45) is 4.99 Å². The minimum atomic E-state index is -3.56. The van der Waals surface area contributed by atoms with Crippen molar-refractivity contribution in [1.29, 1.82) is 0 Å². The number of fused-ring (bicyclic) bond motifs is 1. The van der Waals surface area contributed by atoms with Crippen LogP contribution in [0.2, 0.25) is 0 Å². The van der Waals surface area contributed by atoms with Crippen LogP contribution in [-0.4, -0.2) is 57.0 Å². The average molecular weight is 503 g/mol. The van der Waals surface area contributed by atoms with Crippen LogP contribution in [0.5, 0.6) is 5.75 Å². The predicted octanol–water partition coefficient (Wildman–Crippen LogP) is 3.13. The third kappa shape index (κ3) is 5.61. The van der Waals surface area contributed by atoms with E-state index in [0.29, 0.717) is 12.3 Å². The molecular weight excluding hydrogens is 468 g/mol. The van der Waals surface area contributed by atoms with Gasteiger partial charge in [0, 0.05) is 25.7 Å². The Kier molecular flexibility index (Phi) is 7.65. The molecule has 3 N–H and O–H groups in total. The number of nitrogens with zero attached hydrogens (tertiary/aromatic N) is 2. The first-order chi connectivity index (χ1) is 16.7. The molecule has 10 heteroatoms. The van der Waals surface area contributed by atoms with Crippen molar-refractivity contribution < 1.29 is 23.1 Å². The number of nitrogens with one attached hydrogen (secondary N) is 2. The quantitative estimate of drug-likeness (QED) is 0.483. The molecule has 2 aromatic rings. The van der Waals surface area contributed by atoms with Gasteiger partial charge in [-0.3, -0.25) is 0 Å². The Labute approximate surface area is 207 Å². The molecule has 1 aliphatic carbocycles. The summed E-state index contributed by atoms with van der Waals surface area (Å²) in [5.74, 6) is 0.973. The number of benzene rings is 2. The smallest absolute Gasteiger partial charge is 0.243 e. The van der Waals surface area contributed by atoms with Crippen molar-refractivity contribution in [1.82, 2.24) is 9.79 Å². The fourth-order valence-electron chi connectivity index (χ4n) is 4.65. The maximum absolute atomic E-state index is 12.3. The summed E-state index contributed by atoms with van der Waals surface area (Å²) in [5.41, 5.74) is 4.74. The van der Waals surface area contributed by atoms with Crippen LogP contribution in [0, 0.1) is 0 Å². The summed E-state index contributed by atoms with van der Waals surface area (Å²) in [6.07, 6.45) is 2.11. The first-order valence-electron chi connectivity index (χ1n) is 11.9. The number of sulfonamides is 1. The molecule has 0 saturated heterocycles. The Bertz CT molecular complexity index is 1200. The van der Waals surface area contributed by atoms with Crippen molar-refractivity contribution in [2.45, 2.75) is 51.4 Å². The highest BCUT2D eigenvalue weighted by Gasteiger charge is 2.33. The molecule has 4 rings (SSSR count). The minimum absolute atomic E-state index is 0.0599. The molecule has 0 radical (unpaired) electrons. The third-order valence-corrected chi connectivity index (χ3v) is 7.54. The van der Waals surface area contributed by atoms with Gasteiger partial charge in [0.05, 0.1) is 24.2 Å². The van der Waals surface area contributed by atoms with Gasteiger partial charge in [-0.15, -0.1) is 5.06 Å². The summed E-state index contributed by atoms with van der Waals surface area (Å²) in [6.45, 7) is 3.57. The molecule has 0 amide bonds.